The minimum atomic E-state index is 0.625. The van der Waals surface area contributed by atoms with E-state index in [1.807, 2.05) is 6.92 Å². The number of fused-ring (bicyclic) bond motifs is 1. The van der Waals surface area contributed by atoms with Crippen LogP contribution < -0.4 is 5.73 Å². The summed E-state index contributed by atoms with van der Waals surface area (Å²) in [5.74, 6) is 0.896. The van der Waals surface area contributed by atoms with E-state index in [-0.39, 0.29) is 0 Å². The summed E-state index contributed by atoms with van der Waals surface area (Å²) in [5.41, 5.74) is 11.8. The van der Waals surface area contributed by atoms with Crippen LogP contribution in [0.25, 0.3) is 11.3 Å². The van der Waals surface area contributed by atoms with Crippen molar-refractivity contribution < 1.29 is 4.52 Å². The van der Waals surface area contributed by atoms with Gasteiger partial charge in [-0.05, 0) is 56.3 Å². The zero-order valence-corrected chi connectivity index (χ0v) is 10.7. The number of aromatic nitrogens is 1. The summed E-state index contributed by atoms with van der Waals surface area (Å²) in [6.07, 6.45) is 4.48. The van der Waals surface area contributed by atoms with Crippen molar-refractivity contribution in [2.45, 2.75) is 32.6 Å². The van der Waals surface area contributed by atoms with E-state index >= 15 is 0 Å². The van der Waals surface area contributed by atoms with Gasteiger partial charge in [0.2, 0.25) is 0 Å². The van der Waals surface area contributed by atoms with Gasteiger partial charge in [-0.2, -0.15) is 0 Å². The van der Waals surface area contributed by atoms with Crippen LogP contribution in [0, 0.1) is 6.92 Å². The molecule has 3 rings (SSSR count). The number of rotatable bonds is 3. The van der Waals surface area contributed by atoms with Gasteiger partial charge in [0.05, 0.1) is 5.69 Å². The molecule has 0 atom stereocenters. The molecule has 0 spiro atoms. The molecule has 2 N–H and O–H groups in total. The van der Waals surface area contributed by atoms with Gasteiger partial charge in [-0.15, -0.1) is 0 Å². The molecule has 2 aromatic rings. The van der Waals surface area contributed by atoms with Crippen molar-refractivity contribution in [1.82, 2.24) is 5.16 Å². The van der Waals surface area contributed by atoms with E-state index in [0.29, 0.717) is 6.54 Å². The fourth-order valence-electron chi connectivity index (χ4n) is 2.77. The predicted molar refractivity (Wildman–Crippen MR) is 71.5 cm³/mol. The average molecular weight is 242 g/mol. The molecule has 0 aliphatic heterocycles. The Hall–Kier alpha value is -1.61. The summed E-state index contributed by atoms with van der Waals surface area (Å²) >= 11 is 0. The van der Waals surface area contributed by atoms with Gasteiger partial charge in [0.1, 0.15) is 0 Å². The maximum absolute atomic E-state index is 5.66. The van der Waals surface area contributed by atoms with E-state index < -0.39 is 0 Å². The lowest BCUT2D eigenvalue weighted by molar-refractivity contribution is 0.426. The first-order valence-electron chi connectivity index (χ1n) is 6.57. The van der Waals surface area contributed by atoms with Crippen LogP contribution >= 0.6 is 0 Å². The van der Waals surface area contributed by atoms with Crippen LogP contribution in [-0.4, -0.2) is 11.7 Å². The van der Waals surface area contributed by atoms with E-state index in [9.17, 15) is 0 Å². The highest BCUT2D eigenvalue weighted by Crippen LogP contribution is 2.31. The molecule has 0 saturated carbocycles. The summed E-state index contributed by atoms with van der Waals surface area (Å²) < 4.78 is 5.49. The Kier molecular flexibility index (Phi) is 2.92. The fourth-order valence-corrected chi connectivity index (χ4v) is 2.77. The molecule has 0 radical (unpaired) electrons. The normalized spacial score (nSPS) is 13.9. The maximum atomic E-state index is 5.66. The molecule has 1 heterocycles. The maximum Gasteiger partial charge on any atom is 0.170 e. The Bertz CT molecular complexity index is 572. The molecule has 0 unspecified atom stereocenters. The van der Waals surface area contributed by atoms with E-state index in [2.05, 4.69) is 23.4 Å². The van der Waals surface area contributed by atoms with E-state index in [1.54, 1.807) is 0 Å². The van der Waals surface area contributed by atoms with Crippen molar-refractivity contribution in [1.29, 1.82) is 0 Å². The molecule has 0 fully saturated rings. The second-order valence-corrected chi connectivity index (χ2v) is 4.95. The number of hydrogen-bond acceptors (Lipinski definition) is 3. The Labute approximate surface area is 107 Å². The van der Waals surface area contributed by atoms with Crippen molar-refractivity contribution in [2.75, 3.05) is 6.54 Å². The molecular weight excluding hydrogens is 224 g/mol. The third kappa shape index (κ3) is 1.85. The molecule has 3 nitrogen and oxygen atoms in total. The second kappa shape index (κ2) is 4.58. The molecule has 3 heteroatoms. The minimum Gasteiger partial charge on any atom is -0.356 e. The van der Waals surface area contributed by atoms with Crippen LogP contribution in [0.4, 0.5) is 0 Å². The Morgan fingerprint density at radius 3 is 2.94 bits per heavy atom. The first kappa shape index (κ1) is 11.5. The van der Waals surface area contributed by atoms with Crippen LogP contribution in [0.5, 0.6) is 0 Å². The van der Waals surface area contributed by atoms with Crippen LogP contribution in [0.2, 0.25) is 0 Å². The fraction of sp³-hybridized carbons (Fsp3) is 0.400. The number of hydrogen-bond donors (Lipinski definition) is 1. The molecule has 1 aliphatic rings. The van der Waals surface area contributed by atoms with Gasteiger partial charge in [-0.3, -0.25) is 0 Å². The lowest BCUT2D eigenvalue weighted by Gasteiger charge is -2.04. The first-order valence-corrected chi connectivity index (χ1v) is 6.57. The third-order valence-electron chi connectivity index (χ3n) is 3.74. The van der Waals surface area contributed by atoms with Gasteiger partial charge in [-0.25, -0.2) is 0 Å². The third-order valence-corrected chi connectivity index (χ3v) is 3.74. The minimum absolute atomic E-state index is 0.625. The summed E-state index contributed by atoms with van der Waals surface area (Å²) in [5, 5.41) is 4.07. The highest BCUT2D eigenvalue weighted by Gasteiger charge is 2.17. The van der Waals surface area contributed by atoms with E-state index in [0.717, 1.165) is 29.0 Å². The quantitative estimate of drug-likeness (QED) is 0.900. The molecular formula is C15H18N2O. The van der Waals surface area contributed by atoms with Gasteiger partial charge >= 0.3 is 0 Å². The van der Waals surface area contributed by atoms with Gasteiger partial charge in [0, 0.05) is 11.1 Å². The monoisotopic (exact) mass is 242 g/mol. The lowest BCUT2D eigenvalue weighted by Crippen LogP contribution is -2.04. The second-order valence-electron chi connectivity index (χ2n) is 4.95. The number of nitrogens with zero attached hydrogens (tertiary/aromatic N) is 1. The SMILES string of the molecule is Cc1noc(-c2ccc3c(c2)CCC3)c1CCN. The molecule has 18 heavy (non-hydrogen) atoms. The smallest absolute Gasteiger partial charge is 0.170 e. The van der Waals surface area contributed by atoms with Crippen molar-refractivity contribution >= 4 is 0 Å². The summed E-state index contributed by atoms with van der Waals surface area (Å²) in [4.78, 5) is 0. The van der Waals surface area contributed by atoms with E-state index in [4.69, 9.17) is 10.3 Å². The van der Waals surface area contributed by atoms with Crippen molar-refractivity contribution in [3.8, 4) is 11.3 Å². The zero-order chi connectivity index (χ0) is 12.5. The van der Waals surface area contributed by atoms with Gasteiger partial charge in [-0.1, -0.05) is 17.3 Å². The summed E-state index contributed by atoms with van der Waals surface area (Å²) in [7, 11) is 0. The largest absolute Gasteiger partial charge is 0.356 e. The van der Waals surface area contributed by atoms with E-state index in [1.165, 1.54) is 30.4 Å². The molecule has 0 saturated heterocycles. The average Bonchev–Trinajstić information content (AvgIpc) is 2.97. The lowest BCUT2D eigenvalue weighted by atomic mass is 10.0. The van der Waals surface area contributed by atoms with Gasteiger partial charge < -0.3 is 10.3 Å². The molecule has 1 aromatic carbocycles. The van der Waals surface area contributed by atoms with Gasteiger partial charge in [0.15, 0.2) is 5.76 Å². The predicted octanol–water partition coefficient (Wildman–Crippen LogP) is 2.64. The number of aryl methyl sites for hydroxylation is 3. The first-order chi connectivity index (χ1) is 8.79. The van der Waals surface area contributed by atoms with Crippen LogP contribution in [0.3, 0.4) is 0 Å². The Morgan fingerprint density at radius 1 is 1.28 bits per heavy atom. The molecule has 94 valence electrons. The van der Waals surface area contributed by atoms with Crippen LogP contribution in [0.15, 0.2) is 22.7 Å². The highest BCUT2D eigenvalue weighted by atomic mass is 16.5. The number of nitrogens with two attached hydrogens (primary N) is 1. The van der Waals surface area contributed by atoms with Crippen molar-refractivity contribution in [3.63, 3.8) is 0 Å². The van der Waals surface area contributed by atoms with Gasteiger partial charge in [0.25, 0.3) is 0 Å². The van der Waals surface area contributed by atoms with Crippen molar-refractivity contribution in [3.05, 3.63) is 40.6 Å². The summed E-state index contributed by atoms with van der Waals surface area (Å²) in [6.45, 7) is 2.60. The van der Waals surface area contributed by atoms with Crippen LogP contribution in [0.1, 0.15) is 28.8 Å². The molecule has 0 amide bonds. The van der Waals surface area contributed by atoms with Crippen molar-refractivity contribution in [2.24, 2.45) is 5.73 Å². The summed E-state index contributed by atoms with van der Waals surface area (Å²) in [6, 6.07) is 6.62. The topological polar surface area (TPSA) is 52.0 Å². The molecule has 0 bridgehead atoms. The highest BCUT2D eigenvalue weighted by molar-refractivity contribution is 5.64. The Balaban J connectivity index is 2.04. The van der Waals surface area contributed by atoms with Crippen LogP contribution in [-0.2, 0) is 19.3 Å². The molecule has 1 aromatic heterocycles. The number of benzene rings is 1. The zero-order valence-electron chi connectivity index (χ0n) is 10.7. The Morgan fingerprint density at radius 2 is 2.11 bits per heavy atom. The molecule has 1 aliphatic carbocycles. The standard InChI is InChI=1S/C15H18N2O/c1-10-14(7-8-16)15(18-17-10)13-6-5-11-3-2-4-12(11)9-13/h5-6,9H,2-4,7-8,16H2,1H3.